The maximum Gasteiger partial charge on any atom is 0.325 e. The number of fused-ring (bicyclic) bond motifs is 1. The summed E-state index contributed by atoms with van der Waals surface area (Å²) in [5, 5.41) is 2.86. The first-order valence-corrected chi connectivity index (χ1v) is 11.3. The second-order valence-electron chi connectivity index (χ2n) is 7.29. The van der Waals surface area contributed by atoms with Crippen molar-refractivity contribution in [1.29, 1.82) is 0 Å². The Morgan fingerprint density at radius 1 is 1.13 bits per heavy atom. The molecule has 2 aromatic heterocycles. The molecule has 0 bridgehead atoms. The summed E-state index contributed by atoms with van der Waals surface area (Å²) in [6, 6.07) is 6.25. The zero-order valence-electron chi connectivity index (χ0n) is 16.6. The van der Waals surface area contributed by atoms with Gasteiger partial charge >= 0.3 is 11.7 Å². The van der Waals surface area contributed by atoms with Gasteiger partial charge in [0.05, 0.1) is 10.6 Å². The van der Waals surface area contributed by atoms with E-state index in [-0.39, 0.29) is 16.6 Å². The van der Waals surface area contributed by atoms with Gasteiger partial charge in [0.25, 0.3) is 0 Å². The Kier molecular flexibility index (Phi) is 4.98. The Morgan fingerprint density at radius 2 is 1.87 bits per heavy atom. The van der Waals surface area contributed by atoms with E-state index >= 15 is 0 Å². The molecule has 0 radical (unpaired) electrons. The van der Waals surface area contributed by atoms with Crippen LogP contribution in [0.4, 0.5) is 16.2 Å². The zero-order valence-corrected chi connectivity index (χ0v) is 17.4. The van der Waals surface area contributed by atoms with Crippen LogP contribution in [0.1, 0.15) is 5.56 Å². The van der Waals surface area contributed by atoms with Gasteiger partial charge in [-0.3, -0.25) is 4.98 Å². The van der Waals surface area contributed by atoms with Gasteiger partial charge < -0.3 is 20.1 Å². The number of aromatic amines is 2. The average Bonchev–Trinajstić information content (AvgIpc) is 3.09. The summed E-state index contributed by atoms with van der Waals surface area (Å²) in [7, 11) is -3.30. The van der Waals surface area contributed by atoms with E-state index in [4.69, 9.17) is 0 Å². The van der Waals surface area contributed by atoms with Crippen LogP contribution in [0, 0.1) is 6.92 Å². The summed E-state index contributed by atoms with van der Waals surface area (Å²) in [6.07, 6.45) is 2.79. The number of sulfone groups is 1. The molecule has 0 saturated carbocycles. The molecule has 0 unspecified atom stereocenters. The van der Waals surface area contributed by atoms with Crippen molar-refractivity contribution in [3.8, 4) is 0 Å². The van der Waals surface area contributed by atoms with E-state index < -0.39 is 9.84 Å². The van der Waals surface area contributed by atoms with E-state index in [1.807, 2.05) is 6.07 Å². The SMILES string of the molecule is Cc1cc(S(C)(=O)=O)ccc1NC(=O)N1CCN(c2ccnc3[nH]c(=O)[nH]c23)CC1. The highest BCUT2D eigenvalue weighted by Gasteiger charge is 2.23. The molecule has 0 spiro atoms. The Bertz CT molecular complexity index is 1270. The van der Waals surface area contributed by atoms with Crippen molar-refractivity contribution >= 4 is 38.4 Å². The molecule has 4 rings (SSSR count). The number of imidazole rings is 1. The topological polar surface area (TPSA) is 131 Å². The van der Waals surface area contributed by atoms with Gasteiger partial charge in [-0.15, -0.1) is 0 Å². The average molecular weight is 430 g/mol. The van der Waals surface area contributed by atoms with E-state index in [1.54, 1.807) is 30.2 Å². The van der Waals surface area contributed by atoms with E-state index in [2.05, 4.69) is 25.2 Å². The highest BCUT2D eigenvalue weighted by molar-refractivity contribution is 7.90. The third-order valence-corrected chi connectivity index (χ3v) is 6.28. The van der Waals surface area contributed by atoms with Gasteiger partial charge in [0.15, 0.2) is 15.5 Å². The lowest BCUT2D eigenvalue weighted by molar-refractivity contribution is 0.208. The van der Waals surface area contributed by atoms with Crippen molar-refractivity contribution < 1.29 is 13.2 Å². The highest BCUT2D eigenvalue weighted by atomic mass is 32.2. The van der Waals surface area contributed by atoms with Crippen LogP contribution in [0.3, 0.4) is 0 Å². The summed E-state index contributed by atoms with van der Waals surface area (Å²) in [6.45, 7) is 3.97. The number of urea groups is 1. The van der Waals surface area contributed by atoms with Gasteiger partial charge in [0, 0.05) is 44.3 Å². The van der Waals surface area contributed by atoms with E-state index in [1.165, 1.54) is 6.07 Å². The van der Waals surface area contributed by atoms with Crippen LogP contribution in [-0.4, -0.2) is 66.7 Å². The Labute approximate surface area is 172 Å². The number of piperazine rings is 1. The minimum absolute atomic E-state index is 0.220. The number of hydrogen-bond donors (Lipinski definition) is 3. The first kappa shape index (κ1) is 20.0. The third-order valence-electron chi connectivity index (χ3n) is 5.17. The van der Waals surface area contributed by atoms with Crippen LogP contribution >= 0.6 is 0 Å². The van der Waals surface area contributed by atoms with Crippen molar-refractivity contribution in [3.05, 3.63) is 46.5 Å². The van der Waals surface area contributed by atoms with E-state index in [9.17, 15) is 18.0 Å². The molecule has 1 aromatic carbocycles. The Hall–Kier alpha value is -3.34. The molecule has 2 amide bonds. The van der Waals surface area contributed by atoms with Gasteiger partial charge in [-0.05, 0) is 36.8 Å². The first-order valence-electron chi connectivity index (χ1n) is 9.41. The van der Waals surface area contributed by atoms with E-state index in [0.717, 1.165) is 11.9 Å². The number of rotatable bonds is 3. The number of benzene rings is 1. The standard InChI is InChI=1S/C19H22N6O4S/c1-12-11-13(30(2,28)29)3-4-14(12)21-19(27)25-9-7-24(8-10-25)15-5-6-20-17-16(15)22-18(26)23-17/h3-6,11H,7-10H2,1-2H3,(H,21,27)(H2,20,22,23,26). The van der Waals surface area contributed by atoms with Crippen LogP contribution < -0.4 is 15.9 Å². The minimum Gasteiger partial charge on any atom is -0.366 e. The lowest BCUT2D eigenvalue weighted by Crippen LogP contribution is -2.50. The maximum atomic E-state index is 12.7. The largest absolute Gasteiger partial charge is 0.366 e. The number of pyridine rings is 1. The summed E-state index contributed by atoms with van der Waals surface area (Å²) in [5.41, 5.74) is 2.98. The third kappa shape index (κ3) is 3.88. The zero-order chi connectivity index (χ0) is 21.5. The van der Waals surface area contributed by atoms with Crippen LogP contribution in [0.15, 0.2) is 40.2 Å². The van der Waals surface area contributed by atoms with Crippen LogP contribution in [-0.2, 0) is 9.84 Å². The number of carbonyl (C=O) groups excluding carboxylic acids is 1. The van der Waals surface area contributed by atoms with Gasteiger partial charge in [-0.2, -0.15) is 0 Å². The number of carbonyl (C=O) groups is 1. The monoisotopic (exact) mass is 430 g/mol. The molecule has 1 saturated heterocycles. The molecule has 3 N–H and O–H groups in total. The fourth-order valence-corrected chi connectivity index (χ4v) is 4.24. The molecular formula is C19H22N6O4S. The molecule has 10 nitrogen and oxygen atoms in total. The number of nitrogens with one attached hydrogen (secondary N) is 3. The van der Waals surface area contributed by atoms with Crippen molar-refractivity contribution in [2.45, 2.75) is 11.8 Å². The molecule has 30 heavy (non-hydrogen) atoms. The highest BCUT2D eigenvalue weighted by Crippen LogP contribution is 2.24. The predicted molar refractivity (Wildman–Crippen MR) is 114 cm³/mol. The van der Waals surface area contributed by atoms with Gasteiger partial charge in [0.2, 0.25) is 0 Å². The Balaban J connectivity index is 1.43. The number of aryl methyl sites for hydroxylation is 1. The minimum atomic E-state index is -3.30. The van der Waals surface area contributed by atoms with Crippen LogP contribution in [0.25, 0.3) is 11.2 Å². The molecule has 1 aliphatic heterocycles. The van der Waals surface area contributed by atoms with Gasteiger partial charge in [0.1, 0.15) is 5.52 Å². The quantitative estimate of drug-likeness (QED) is 0.574. The second kappa shape index (κ2) is 7.48. The van der Waals surface area contributed by atoms with Gasteiger partial charge in [-0.25, -0.2) is 23.0 Å². The predicted octanol–water partition coefficient (Wildman–Crippen LogP) is 1.32. The van der Waals surface area contributed by atoms with Crippen LogP contribution in [0.2, 0.25) is 0 Å². The number of H-pyrrole nitrogens is 2. The fourth-order valence-electron chi connectivity index (χ4n) is 3.54. The molecule has 1 fully saturated rings. The molecule has 11 heteroatoms. The fraction of sp³-hybridized carbons (Fsp3) is 0.316. The molecule has 0 atom stereocenters. The molecular weight excluding hydrogens is 408 g/mol. The summed E-state index contributed by atoms with van der Waals surface area (Å²) >= 11 is 0. The van der Waals surface area contributed by atoms with Crippen molar-refractivity contribution in [1.82, 2.24) is 19.9 Å². The molecule has 0 aliphatic carbocycles. The van der Waals surface area contributed by atoms with Crippen molar-refractivity contribution in [2.24, 2.45) is 0 Å². The molecule has 1 aliphatic rings. The molecule has 3 aromatic rings. The number of nitrogens with zero attached hydrogens (tertiary/aromatic N) is 3. The molecule has 3 heterocycles. The second-order valence-corrected chi connectivity index (χ2v) is 9.30. The summed E-state index contributed by atoms with van der Waals surface area (Å²) in [5.74, 6) is 0. The summed E-state index contributed by atoms with van der Waals surface area (Å²) in [4.78, 5) is 37.8. The van der Waals surface area contributed by atoms with Gasteiger partial charge in [-0.1, -0.05) is 0 Å². The van der Waals surface area contributed by atoms with Crippen molar-refractivity contribution in [3.63, 3.8) is 0 Å². The summed E-state index contributed by atoms with van der Waals surface area (Å²) < 4.78 is 23.3. The van der Waals surface area contributed by atoms with E-state index in [0.29, 0.717) is 48.6 Å². The van der Waals surface area contributed by atoms with Crippen molar-refractivity contribution in [2.75, 3.05) is 42.7 Å². The normalized spacial score (nSPS) is 14.9. The lowest BCUT2D eigenvalue weighted by atomic mass is 10.2. The Morgan fingerprint density at radius 3 is 2.53 bits per heavy atom. The first-order chi connectivity index (χ1) is 14.2. The lowest BCUT2D eigenvalue weighted by Gasteiger charge is -2.36. The maximum absolute atomic E-state index is 12.7. The number of aromatic nitrogens is 3. The number of anilines is 2. The molecule has 158 valence electrons. The van der Waals surface area contributed by atoms with Crippen LogP contribution in [0.5, 0.6) is 0 Å². The number of hydrogen-bond acceptors (Lipinski definition) is 6. The number of amides is 2. The smallest absolute Gasteiger partial charge is 0.325 e.